The molecule has 1 fully saturated rings. The molecule has 0 radical (unpaired) electrons. The molecule has 0 amide bonds. The van der Waals surface area contributed by atoms with Crippen molar-refractivity contribution in [1.29, 1.82) is 0 Å². The Balaban J connectivity index is 1.67. The molecule has 0 aromatic carbocycles. The van der Waals surface area contributed by atoms with Crippen LogP contribution < -0.4 is 0 Å². The molecule has 1 aliphatic heterocycles. The van der Waals surface area contributed by atoms with Crippen molar-refractivity contribution in [2.24, 2.45) is 0 Å². The maximum Gasteiger partial charge on any atom is 0.107 e. The Labute approximate surface area is 141 Å². The third-order valence-electron chi connectivity index (χ3n) is 4.21. The second-order valence-electron chi connectivity index (χ2n) is 5.72. The Morgan fingerprint density at radius 1 is 1.35 bits per heavy atom. The monoisotopic (exact) mass is 333 g/mol. The van der Waals surface area contributed by atoms with Crippen LogP contribution in [-0.2, 0) is 22.4 Å². The van der Waals surface area contributed by atoms with Crippen LogP contribution in [0.5, 0.6) is 0 Å². The molecule has 3 heterocycles. The number of likely N-dealkylation sites (tertiary alicyclic amines) is 1. The largest absolute Gasteiger partial charge is 0.382 e. The number of aromatic nitrogens is 2. The number of ether oxygens (including phenoxy) is 2. The van der Waals surface area contributed by atoms with E-state index in [-0.39, 0.29) is 6.10 Å². The van der Waals surface area contributed by atoms with Gasteiger partial charge in [-0.05, 0) is 24.5 Å². The molecule has 0 unspecified atom stereocenters. The summed E-state index contributed by atoms with van der Waals surface area (Å²) in [6.07, 6.45) is 7.89. The Bertz CT molecular complexity index is 564. The van der Waals surface area contributed by atoms with E-state index in [1.165, 1.54) is 10.6 Å². The van der Waals surface area contributed by atoms with Crippen molar-refractivity contribution in [1.82, 2.24) is 14.9 Å². The van der Waals surface area contributed by atoms with E-state index in [1.807, 2.05) is 30.0 Å². The SMILES string of the molecule is COCCO[C@@H]1CCN(Cc2nccs2)[C@@H]1Cc1cccnc1. The smallest absolute Gasteiger partial charge is 0.107 e. The standard InChI is InChI=1S/C17H23N3O2S/c1-21-8-9-22-16-4-7-20(13-17-19-6-10-23-17)15(16)11-14-3-2-5-18-12-14/h2-3,5-6,10,12,15-16H,4,7-9,11,13H2,1H3/t15-,16-/m1/s1. The number of methoxy groups -OCH3 is 1. The fourth-order valence-corrected chi connectivity index (χ4v) is 3.73. The Morgan fingerprint density at radius 2 is 2.30 bits per heavy atom. The number of hydrogen-bond donors (Lipinski definition) is 0. The summed E-state index contributed by atoms with van der Waals surface area (Å²) in [6, 6.07) is 4.50. The van der Waals surface area contributed by atoms with Gasteiger partial charge in [-0.15, -0.1) is 11.3 Å². The Kier molecular flexibility index (Phi) is 6.10. The summed E-state index contributed by atoms with van der Waals surface area (Å²) in [4.78, 5) is 11.2. The number of thiazole rings is 1. The molecule has 3 rings (SSSR count). The second-order valence-corrected chi connectivity index (χ2v) is 6.70. The van der Waals surface area contributed by atoms with E-state index in [1.54, 1.807) is 18.4 Å². The van der Waals surface area contributed by atoms with Crippen molar-refractivity contribution < 1.29 is 9.47 Å². The summed E-state index contributed by atoms with van der Waals surface area (Å²) in [6.45, 7) is 3.23. The summed E-state index contributed by atoms with van der Waals surface area (Å²) in [5.74, 6) is 0. The Morgan fingerprint density at radius 3 is 3.04 bits per heavy atom. The van der Waals surface area contributed by atoms with E-state index in [9.17, 15) is 0 Å². The minimum Gasteiger partial charge on any atom is -0.382 e. The molecule has 0 N–H and O–H groups in total. The first-order valence-corrected chi connectivity index (χ1v) is 8.86. The predicted octanol–water partition coefficient (Wildman–Crippen LogP) is 2.39. The maximum absolute atomic E-state index is 6.07. The van der Waals surface area contributed by atoms with Crippen LogP contribution in [0.1, 0.15) is 17.0 Å². The van der Waals surface area contributed by atoms with Gasteiger partial charge in [0.15, 0.2) is 0 Å². The van der Waals surface area contributed by atoms with Gasteiger partial charge in [0.25, 0.3) is 0 Å². The van der Waals surface area contributed by atoms with Crippen LogP contribution >= 0.6 is 11.3 Å². The van der Waals surface area contributed by atoms with Gasteiger partial charge < -0.3 is 9.47 Å². The normalized spacial score (nSPS) is 21.8. The first-order chi connectivity index (χ1) is 11.4. The summed E-state index contributed by atoms with van der Waals surface area (Å²) in [5, 5.41) is 3.20. The molecule has 0 bridgehead atoms. The minimum atomic E-state index is 0.241. The summed E-state index contributed by atoms with van der Waals surface area (Å²) < 4.78 is 11.2. The van der Waals surface area contributed by atoms with Gasteiger partial charge in [0.1, 0.15) is 5.01 Å². The molecule has 1 saturated heterocycles. The number of pyridine rings is 1. The maximum atomic E-state index is 6.07. The molecular weight excluding hydrogens is 310 g/mol. The molecule has 6 heteroatoms. The van der Waals surface area contributed by atoms with Crippen molar-refractivity contribution in [2.75, 3.05) is 26.9 Å². The molecule has 2 atom stereocenters. The topological polar surface area (TPSA) is 47.5 Å². The number of hydrogen-bond acceptors (Lipinski definition) is 6. The average molecular weight is 333 g/mol. The number of nitrogens with zero attached hydrogens (tertiary/aromatic N) is 3. The van der Waals surface area contributed by atoms with E-state index in [0.29, 0.717) is 19.3 Å². The molecule has 0 saturated carbocycles. The highest BCUT2D eigenvalue weighted by Crippen LogP contribution is 2.26. The van der Waals surface area contributed by atoms with Crippen molar-refractivity contribution in [3.05, 3.63) is 46.7 Å². The van der Waals surface area contributed by atoms with Crippen LogP contribution in [0, 0.1) is 0 Å². The highest BCUT2D eigenvalue weighted by molar-refractivity contribution is 7.09. The molecule has 124 valence electrons. The van der Waals surface area contributed by atoms with Crippen LogP contribution in [0.25, 0.3) is 0 Å². The third kappa shape index (κ3) is 4.57. The van der Waals surface area contributed by atoms with Crippen molar-refractivity contribution in [3.63, 3.8) is 0 Å². The second kappa shape index (κ2) is 8.49. The van der Waals surface area contributed by atoms with E-state index >= 15 is 0 Å². The highest BCUT2D eigenvalue weighted by Gasteiger charge is 2.35. The Hall–Kier alpha value is -1.34. The molecule has 0 aliphatic carbocycles. The fourth-order valence-electron chi connectivity index (χ4n) is 3.09. The quantitative estimate of drug-likeness (QED) is 0.694. The summed E-state index contributed by atoms with van der Waals surface area (Å²) in [5.41, 5.74) is 1.25. The van der Waals surface area contributed by atoms with Gasteiger partial charge >= 0.3 is 0 Å². The summed E-state index contributed by atoms with van der Waals surface area (Å²) >= 11 is 1.71. The zero-order valence-electron chi connectivity index (χ0n) is 13.4. The van der Waals surface area contributed by atoms with Crippen LogP contribution in [-0.4, -0.2) is 53.9 Å². The summed E-state index contributed by atoms with van der Waals surface area (Å²) in [7, 11) is 1.71. The van der Waals surface area contributed by atoms with Crippen molar-refractivity contribution >= 4 is 11.3 Å². The van der Waals surface area contributed by atoms with Gasteiger partial charge in [0.05, 0.1) is 25.9 Å². The van der Waals surface area contributed by atoms with E-state index in [2.05, 4.69) is 20.9 Å². The lowest BCUT2D eigenvalue weighted by Gasteiger charge is -2.27. The molecular formula is C17H23N3O2S. The van der Waals surface area contributed by atoms with E-state index < -0.39 is 0 Å². The lowest BCUT2D eigenvalue weighted by molar-refractivity contribution is -0.00132. The average Bonchev–Trinajstić information content (AvgIpc) is 3.21. The van der Waals surface area contributed by atoms with Gasteiger partial charge in [-0.25, -0.2) is 4.98 Å². The van der Waals surface area contributed by atoms with Gasteiger partial charge in [-0.3, -0.25) is 9.88 Å². The van der Waals surface area contributed by atoms with E-state index in [0.717, 1.165) is 25.9 Å². The van der Waals surface area contributed by atoms with Gasteiger partial charge in [0.2, 0.25) is 0 Å². The first-order valence-electron chi connectivity index (χ1n) is 7.98. The molecule has 1 aliphatic rings. The zero-order valence-corrected chi connectivity index (χ0v) is 14.2. The minimum absolute atomic E-state index is 0.241. The van der Waals surface area contributed by atoms with Crippen LogP contribution in [0.2, 0.25) is 0 Å². The van der Waals surface area contributed by atoms with Crippen molar-refractivity contribution in [2.45, 2.75) is 31.5 Å². The van der Waals surface area contributed by atoms with E-state index in [4.69, 9.17) is 9.47 Å². The number of rotatable bonds is 8. The van der Waals surface area contributed by atoms with Gasteiger partial charge in [-0.1, -0.05) is 6.07 Å². The van der Waals surface area contributed by atoms with Crippen LogP contribution in [0.3, 0.4) is 0 Å². The first kappa shape index (κ1) is 16.5. The molecule has 0 spiro atoms. The van der Waals surface area contributed by atoms with Crippen LogP contribution in [0.4, 0.5) is 0 Å². The van der Waals surface area contributed by atoms with Gasteiger partial charge in [0, 0.05) is 43.7 Å². The predicted molar refractivity (Wildman–Crippen MR) is 90.5 cm³/mol. The molecule has 5 nitrogen and oxygen atoms in total. The molecule has 23 heavy (non-hydrogen) atoms. The van der Waals surface area contributed by atoms with Crippen LogP contribution in [0.15, 0.2) is 36.1 Å². The zero-order chi connectivity index (χ0) is 15.9. The highest BCUT2D eigenvalue weighted by atomic mass is 32.1. The van der Waals surface area contributed by atoms with Crippen molar-refractivity contribution in [3.8, 4) is 0 Å². The fraction of sp³-hybridized carbons (Fsp3) is 0.529. The lowest BCUT2D eigenvalue weighted by Crippen LogP contribution is -2.38. The molecule has 2 aromatic heterocycles. The van der Waals surface area contributed by atoms with Gasteiger partial charge in [-0.2, -0.15) is 0 Å². The lowest BCUT2D eigenvalue weighted by atomic mass is 10.0. The molecule has 2 aromatic rings. The third-order valence-corrected chi connectivity index (χ3v) is 4.97.